The van der Waals surface area contributed by atoms with Gasteiger partial charge in [-0.1, -0.05) is 19.9 Å². The van der Waals surface area contributed by atoms with Crippen LogP contribution in [0.5, 0.6) is 28.7 Å². The number of aromatic hydroxyl groups is 1. The molecule has 3 atom stereocenters. The summed E-state index contributed by atoms with van der Waals surface area (Å²) in [5, 5.41) is 10.9. The van der Waals surface area contributed by atoms with Crippen molar-refractivity contribution in [1.29, 1.82) is 0 Å². The van der Waals surface area contributed by atoms with Gasteiger partial charge < -0.3 is 29.0 Å². The Labute approximate surface area is 188 Å². The molecule has 0 spiro atoms. The normalized spacial score (nSPS) is 20.7. The summed E-state index contributed by atoms with van der Waals surface area (Å²) in [6, 6.07) is 8.91. The molecule has 0 bridgehead atoms. The van der Waals surface area contributed by atoms with Crippen LogP contribution in [0.25, 0.3) is 0 Å². The van der Waals surface area contributed by atoms with E-state index in [2.05, 4.69) is 13.8 Å². The lowest BCUT2D eigenvalue weighted by Gasteiger charge is -2.36. The molecule has 7 heteroatoms. The van der Waals surface area contributed by atoms with Crippen molar-refractivity contribution in [2.75, 3.05) is 34.1 Å². The van der Waals surface area contributed by atoms with Crippen LogP contribution in [0, 0.1) is 11.8 Å². The molecule has 2 aliphatic rings. The number of rotatable bonds is 6. The van der Waals surface area contributed by atoms with Crippen molar-refractivity contribution in [1.82, 2.24) is 4.90 Å². The standard InChI is InChI=1S/C25H31NO6/c1-15-7-16(2)13-26(12-15)24(28)11-19(17-5-6-21-22(8-17)32-14-31-21)25-20(27)9-18(29-3)10-23(25)30-4/h5-6,8-10,15-16,19,27H,7,11-14H2,1-4H3/t15?,16?,19-/m1/s1. The molecule has 172 valence electrons. The van der Waals surface area contributed by atoms with E-state index in [0.717, 1.165) is 25.1 Å². The molecule has 1 N–H and O–H groups in total. The van der Waals surface area contributed by atoms with Crippen LogP contribution in [0.4, 0.5) is 0 Å². The highest BCUT2D eigenvalue weighted by Gasteiger charge is 2.31. The number of phenolic OH excluding ortho intramolecular Hbond substituents is 1. The molecule has 32 heavy (non-hydrogen) atoms. The molecule has 2 heterocycles. The number of fused-ring (bicyclic) bond motifs is 1. The predicted octanol–water partition coefficient (Wildman–Crippen LogP) is 4.16. The molecule has 2 aromatic rings. The number of benzene rings is 2. The van der Waals surface area contributed by atoms with Crippen molar-refractivity contribution >= 4 is 5.91 Å². The fraction of sp³-hybridized carbons (Fsp3) is 0.480. The molecule has 7 nitrogen and oxygen atoms in total. The van der Waals surface area contributed by atoms with E-state index < -0.39 is 5.92 Å². The maximum Gasteiger partial charge on any atom is 0.231 e. The number of hydrogen-bond donors (Lipinski definition) is 1. The summed E-state index contributed by atoms with van der Waals surface area (Å²) in [6.07, 6.45) is 1.33. The van der Waals surface area contributed by atoms with E-state index in [9.17, 15) is 9.90 Å². The average molecular weight is 442 g/mol. The van der Waals surface area contributed by atoms with Crippen LogP contribution < -0.4 is 18.9 Å². The van der Waals surface area contributed by atoms with Gasteiger partial charge in [0, 0.05) is 43.1 Å². The van der Waals surface area contributed by atoms with Crippen LogP contribution in [0.1, 0.15) is 43.7 Å². The largest absolute Gasteiger partial charge is 0.507 e. The lowest BCUT2D eigenvalue weighted by molar-refractivity contribution is -0.134. The van der Waals surface area contributed by atoms with Gasteiger partial charge in [-0.15, -0.1) is 0 Å². The van der Waals surface area contributed by atoms with Crippen molar-refractivity contribution in [3.05, 3.63) is 41.5 Å². The third kappa shape index (κ3) is 4.42. The second kappa shape index (κ2) is 9.18. The number of methoxy groups -OCH3 is 2. The van der Waals surface area contributed by atoms with Crippen LogP contribution in [-0.4, -0.2) is 50.0 Å². The third-order valence-electron chi connectivity index (χ3n) is 6.30. The van der Waals surface area contributed by atoms with Gasteiger partial charge in [-0.05, 0) is 36.0 Å². The zero-order valence-electron chi connectivity index (χ0n) is 19.1. The van der Waals surface area contributed by atoms with E-state index in [-0.39, 0.29) is 24.9 Å². The topological polar surface area (TPSA) is 77.5 Å². The van der Waals surface area contributed by atoms with Gasteiger partial charge in [0.25, 0.3) is 0 Å². The minimum Gasteiger partial charge on any atom is -0.507 e. The first kappa shape index (κ1) is 22.1. The minimum absolute atomic E-state index is 0.0250. The SMILES string of the molecule is COc1cc(O)c([C@H](CC(=O)N2CC(C)CC(C)C2)c2ccc3c(c2)OCO3)c(OC)c1. The minimum atomic E-state index is -0.426. The number of nitrogens with zero attached hydrogens (tertiary/aromatic N) is 1. The van der Waals surface area contributed by atoms with Crippen LogP contribution in [0.3, 0.4) is 0 Å². The van der Waals surface area contributed by atoms with E-state index in [1.54, 1.807) is 19.2 Å². The molecule has 0 aliphatic carbocycles. The van der Waals surface area contributed by atoms with Gasteiger partial charge in [0.05, 0.1) is 14.2 Å². The van der Waals surface area contributed by atoms with Gasteiger partial charge >= 0.3 is 0 Å². The zero-order valence-corrected chi connectivity index (χ0v) is 19.1. The number of hydrogen-bond acceptors (Lipinski definition) is 6. The lowest BCUT2D eigenvalue weighted by atomic mass is 9.85. The number of amides is 1. The number of piperidine rings is 1. The molecule has 1 saturated heterocycles. The molecule has 0 saturated carbocycles. The first-order chi connectivity index (χ1) is 15.4. The Hall–Kier alpha value is -3.09. The number of likely N-dealkylation sites (tertiary alicyclic amines) is 1. The fourth-order valence-electron chi connectivity index (χ4n) is 4.91. The summed E-state index contributed by atoms with van der Waals surface area (Å²) in [5.41, 5.74) is 1.40. The second-order valence-corrected chi connectivity index (χ2v) is 8.88. The van der Waals surface area contributed by atoms with Crippen LogP contribution in [0.15, 0.2) is 30.3 Å². The molecule has 1 amide bonds. The van der Waals surface area contributed by atoms with Crippen LogP contribution >= 0.6 is 0 Å². The summed E-state index contributed by atoms with van der Waals surface area (Å²) in [7, 11) is 3.08. The Kier molecular flexibility index (Phi) is 6.35. The summed E-state index contributed by atoms with van der Waals surface area (Å²) in [5.74, 6) is 2.85. The predicted molar refractivity (Wildman–Crippen MR) is 120 cm³/mol. The highest BCUT2D eigenvalue weighted by Crippen LogP contribution is 2.45. The molecule has 2 unspecified atom stereocenters. The molecule has 2 aromatic carbocycles. The highest BCUT2D eigenvalue weighted by atomic mass is 16.7. The number of ether oxygens (including phenoxy) is 4. The summed E-state index contributed by atoms with van der Waals surface area (Å²) >= 11 is 0. The Morgan fingerprint density at radius 3 is 2.50 bits per heavy atom. The van der Waals surface area contributed by atoms with Gasteiger partial charge in [-0.3, -0.25) is 4.79 Å². The molecular formula is C25H31NO6. The first-order valence-corrected chi connectivity index (χ1v) is 11.0. The first-order valence-electron chi connectivity index (χ1n) is 11.0. The Balaban J connectivity index is 1.73. The van der Waals surface area contributed by atoms with Crippen molar-refractivity contribution in [2.24, 2.45) is 11.8 Å². The quantitative estimate of drug-likeness (QED) is 0.725. The summed E-state index contributed by atoms with van der Waals surface area (Å²) in [4.78, 5) is 15.4. The molecule has 2 aliphatic heterocycles. The van der Waals surface area contributed by atoms with Crippen LogP contribution in [0.2, 0.25) is 0 Å². The Bertz CT molecular complexity index is 981. The molecule has 0 radical (unpaired) electrons. The summed E-state index contributed by atoms with van der Waals surface area (Å²) < 4.78 is 21.9. The lowest BCUT2D eigenvalue weighted by Crippen LogP contribution is -2.43. The fourth-order valence-corrected chi connectivity index (χ4v) is 4.91. The molecule has 1 fully saturated rings. The number of phenols is 1. The van der Waals surface area contributed by atoms with E-state index in [4.69, 9.17) is 18.9 Å². The third-order valence-corrected chi connectivity index (χ3v) is 6.30. The highest BCUT2D eigenvalue weighted by molar-refractivity contribution is 5.78. The van der Waals surface area contributed by atoms with E-state index in [1.807, 2.05) is 23.1 Å². The van der Waals surface area contributed by atoms with Crippen molar-refractivity contribution in [3.63, 3.8) is 0 Å². The Morgan fingerprint density at radius 1 is 1.09 bits per heavy atom. The van der Waals surface area contributed by atoms with Gasteiger partial charge in [-0.2, -0.15) is 0 Å². The number of carbonyl (C=O) groups is 1. The smallest absolute Gasteiger partial charge is 0.231 e. The molecular weight excluding hydrogens is 410 g/mol. The van der Waals surface area contributed by atoms with Gasteiger partial charge in [0.15, 0.2) is 11.5 Å². The van der Waals surface area contributed by atoms with Gasteiger partial charge in [0.1, 0.15) is 17.2 Å². The van der Waals surface area contributed by atoms with Crippen LogP contribution in [-0.2, 0) is 4.79 Å². The maximum absolute atomic E-state index is 13.4. The monoisotopic (exact) mass is 441 g/mol. The number of carbonyl (C=O) groups excluding carboxylic acids is 1. The zero-order chi connectivity index (χ0) is 22.8. The average Bonchev–Trinajstić information content (AvgIpc) is 3.24. The van der Waals surface area contributed by atoms with Crippen molar-refractivity contribution in [2.45, 2.75) is 32.6 Å². The van der Waals surface area contributed by atoms with E-state index in [1.165, 1.54) is 7.11 Å². The summed E-state index contributed by atoms with van der Waals surface area (Å²) in [6.45, 7) is 6.04. The van der Waals surface area contributed by atoms with E-state index in [0.29, 0.717) is 40.4 Å². The Morgan fingerprint density at radius 2 is 1.81 bits per heavy atom. The second-order valence-electron chi connectivity index (χ2n) is 8.88. The molecule has 0 aromatic heterocycles. The molecule has 4 rings (SSSR count). The van der Waals surface area contributed by atoms with Gasteiger partial charge in [0.2, 0.25) is 12.7 Å². The van der Waals surface area contributed by atoms with E-state index >= 15 is 0 Å². The van der Waals surface area contributed by atoms with Gasteiger partial charge in [-0.25, -0.2) is 0 Å². The van der Waals surface area contributed by atoms with Crippen molar-refractivity contribution < 1.29 is 28.8 Å². The van der Waals surface area contributed by atoms with Crippen molar-refractivity contribution in [3.8, 4) is 28.7 Å². The maximum atomic E-state index is 13.4.